The molecule has 0 spiro atoms. The van der Waals surface area contributed by atoms with Gasteiger partial charge in [0.15, 0.2) is 5.84 Å². The highest BCUT2D eigenvalue weighted by molar-refractivity contribution is 8.27. The zero-order chi connectivity index (χ0) is 26.6. The molecule has 196 valence electrons. The van der Waals surface area contributed by atoms with Gasteiger partial charge in [-0.25, -0.2) is 0 Å². The number of aliphatic imine (C=N–C) groups is 1. The zero-order valence-electron chi connectivity index (χ0n) is 21.4. The standard InChI is InChI=1S/C28H29N5O4S/c1-18-6-5-7-19(2)25(18)37-15-14-36-21-10-8-20(9-11-21)16-22-26(29)33-28(30-27(22)35)38-23(31-33)17-24(34)32-12-3-4-13-32/h5-11,16,29H,3-4,12-15,17H2,1-2H3. The molecule has 0 unspecified atom stereocenters. The summed E-state index contributed by atoms with van der Waals surface area (Å²) in [6, 6.07) is 13.3. The van der Waals surface area contributed by atoms with Crippen molar-refractivity contribution in [2.24, 2.45) is 10.1 Å². The molecule has 3 aliphatic heterocycles. The smallest absolute Gasteiger partial charge is 0.283 e. The van der Waals surface area contributed by atoms with Crippen LogP contribution in [0.15, 0.2) is 58.1 Å². The Bertz CT molecular complexity index is 1340. The van der Waals surface area contributed by atoms with Gasteiger partial charge >= 0.3 is 0 Å². The number of para-hydroxylation sites is 1. The number of hydrogen-bond donors (Lipinski definition) is 1. The number of amidine groups is 2. The maximum absolute atomic E-state index is 12.7. The third-order valence-corrected chi connectivity index (χ3v) is 7.36. The van der Waals surface area contributed by atoms with Gasteiger partial charge < -0.3 is 14.4 Å². The fraction of sp³-hybridized carbons (Fsp3) is 0.321. The number of ether oxygens (including phenoxy) is 2. The Morgan fingerprint density at radius 2 is 1.74 bits per heavy atom. The largest absolute Gasteiger partial charge is 0.490 e. The van der Waals surface area contributed by atoms with Gasteiger partial charge in [-0.15, -0.1) is 0 Å². The quantitative estimate of drug-likeness (QED) is 0.400. The van der Waals surface area contributed by atoms with E-state index >= 15 is 0 Å². The lowest BCUT2D eigenvalue weighted by Gasteiger charge is -2.20. The maximum Gasteiger partial charge on any atom is 0.283 e. The molecule has 3 aliphatic rings. The van der Waals surface area contributed by atoms with Gasteiger partial charge in [0, 0.05) is 13.1 Å². The summed E-state index contributed by atoms with van der Waals surface area (Å²) in [4.78, 5) is 31.1. The third kappa shape index (κ3) is 5.65. The average molecular weight is 532 g/mol. The van der Waals surface area contributed by atoms with Crippen molar-refractivity contribution in [3.05, 3.63) is 64.7 Å². The average Bonchev–Trinajstić information content (AvgIpc) is 3.57. The van der Waals surface area contributed by atoms with E-state index in [9.17, 15) is 9.59 Å². The number of carbonyl (C=O) groups is 2. The number of likely N-dealkylation sites (tertiary alicyclic amines) is 1. The van der Waals surface area contributed by atoms with Gasteiger partial charge in [0.2, 0.25) is 11.1 Å². The molecular formula is C28H29N5O4S. The van der Waals surface area contributed by atoms with Crippen LogP contribution in [0.1, 0.15) is 36.0 Å². The number of fused-ring (bicyclic) bond motifs is 1. The number of benzene rings is 2. The Morgan fingerprint density at radius 3 is 2.45 bits per heavy atom. The minimum Gasteiger partial charge on any atom is -0.490 e. The SMILES string of the molecule is Cc1cccc(C)c1OCCOc1ccc(C=C2C(=N)N3N=C(CC(=O)N4CCCC4)SC3=NC2=O)cc1. The number of amides is 2. The molecule has 0 aliphatic carbocycles. The Balaban J connectivity index is 1.18. The van der Waals surface area contributed by atoms with Gasteiger partial charge in [-0.3, -0.25) is 15.0 Å². The predicted molar refractivity (Wildman–Crippen MR) is 149 cm³/mol. The monoisotopic (exact) mass is 531 g/mol. The van der Waals surface area contributed by atoms with Crippen LogP contribution in [0.4, 0.5) is 0 Å². The Morgan fingerprint density at radius 1 is 1.05 bits per heavy atom. The van der Waals surface area contributed by atoms with Crippen LogP contribution in [0.25, 0.3) is 6.08 Å². The van der Waals surface area contributed by atoms with E-state index < -0.39 is 5.91 Å². The molecule has 3 heterocycles. The molecule has 2 aromatic rings. The van der Waals surface area contributed by atoms with Crippen LogP contribution >= 0.6 is 11.8 Å². The zero-order valence-corrected chi connectivity index (χ0v) is 22.2. The summed E-state index contributed by atoms with van der Waals surface area (Å²) in [6.07, 6.45) is 3.81. The molecule has 0 radical (unpaired) electrons. The molecule has 1 fully saturated rings. The molecule has 2 aromatic carbocycles. The Hall–Kier alpha value is -3.92. The number of nitrogens with zero attached hydrogens (tertiary/aromatic N) is 4. The van der Waals surface area contributed by atoms with E-state index in [1.54, 1.807) is 6.08 Å². The summed E-state index contributed by atoms with van der Waals surface area (Å²) in [5.74, 6) is 1.02. The summed E-state index contributed by atoms with van der Waals surface area (Å²) >= 11 is 1.17. The normalized spacial score (nSPS) is 18.0. The lowest BCUT2D eigenvalue weighted by molar-refractivity contribution is -0.128. The van der Waals surface area contributed by atoms with Crippen LogP contribution in [0.5, 0.6) is 11.5 Å². The lowest BCUT2D eigenvalue weighted by atomic mass is 10.1. The Labute approximate surface area is 225 Å². The number of thioether (sulfide) groups is 1. The van der Waals surface area contributed by atoms with Crippen LogP contribution < -0.4 is 9.47 Å². The summed E-state index contributed by atoms with van der Waals surface area (Å²) in [5, 5.41) is 15.1. The molecule has 0 atom stereocenters. The summed E-state index contributed by atoms with van der Waals surface area (Å²) in [5.41, 5.74) is 3.05. The third-order valence-electron chi connectivity index (χ3n) is 6.46. The highest BCUT2D eigenvalue weighted by atomic mass is 32.2. The highest BCUT2D eigenvalue weighted by Gasteiger charge is 2.36. The van der Waals surface area contributed by atoms with Crippen molar-refractivity contribution in [3.63, 3.8) is 0 Å². The number of hydrogen-bond acceptors (Lipinski definition) is 7. The van der Waals surface area contributed by atoms with E-state index in [1.807, 2.05) is 61.2 Å². The molecule has 38 heavy (non-hydrogen) atoms. The predicted octanol–water partition coefficient (Wildman–Crippen LogP) is 4.39. The molecule has 2 amide bonds. The molecule has 10 heteroatoms. The van der Waals surface area contributed by atoms with Crippen molar-refractivity contribution < 1.29 is 19.1 Å². The number of aryl methyl sites for hydroxylation is 2. The van der Waals surface area contributed by atoms with Crippen molar-refractivity contribution >= 4 is 45.7 Å². The molecule has 0 bridgehead atoms. The first-order valence-corrected chi connectivity index (χ1v) is 13.4. The molecule has 0 saturated carbocycles. The summed E-state index contributed by atoms with van der Waals surface area (Å²) in [7, 11) is 0. The first-order valence-electron chi connectivity index (χ1n) is 12.6. The fourth-order valence-electron chi connectivity index (χ4n) is 4.47. The second-order valence-electron chi connectivity index (χ2n) is 9.27. The van der Waals surface area contributed by atoms with Crippen molar-refractivity contribution in [3.8, 4) is 11.5 Å². The van der Waals surface area contributed by atoms with Gasteiger partial charge in [0.1, 0.15) is 29.8 Å². The first kappa shape index (κ1) is 25.7. The van der Waals surface area contributed by atoms with Crippen LogP contribution in [-0.2, 0) is 9.59 Å². The van der Waals surface area contributed by atoms with E-state index in [2.05, 4.69) is 10.1 Å². The maximum atomic E-state index is 12.7. The van der Waals surface area contributed by atoms with Crippen LogP contribution in [-0.4, -0.2) is 64.1 Å². The van der Waals surface area contributed by atoms with Gasteiger partial charge in [0.25, 0.3) is 5.91 Å². The molecule has 9 nitrogen and oxygen atoms in total. The van der Waals surface area contributed by atoms with Gasteiger partial charge in [-0.2, -0.15) is 15.1 Å². The van der Waals surface area contributed by atoms with E-state index in [4.69, 9.17) is 14.9 Å². The number of nitrogens with one attached hydrogen (secondary N) is 1. The van der Waals surface area contributed by atoms with Crippen molar-refractivity contribution in [2.75, 3.05) is 26.3 Å². The van der Waals surface area contributed by atoms with Crippen molar-refractivity contribution in [1.29, 1.82) is 5.41 Å². The van der Waals surface area contributed by atoms with Crippen LogP contribution in [0, 0.1) is 19.3 Å². The van der Waals surface area contributed by atoms with E-state index in [1.165, 1.54) is 16.8 Å². The van der Waals surface area contributed by atoms with Gasteiger partial charge in [0.05, 0.1) is 12.0 Å². The summed E-state index contributed by atoms with van der Waals surface area (Å²) in [6.45, 7) is 6.39. The first-order chi connectivity index (χ1) is 18.4. The molecular weight excluding hydrogens is 502 g/mol. The second kappa shape index (κ2) is 11.2. The van der Waals surface area contributed by atoms with Crippen molar-refractivity contribution in [2.45, 2.75) is 33.1 Å². The van der Waals surface area contributed by atoms with E-state index in [0.717, 1.165) is 48.4 Å². The van der Waals surface area contributed by atoms with Gasteiger partial charge in [-0.1, -0.05) is 30.3 Å². The summed E-state index contributed by atoms with van der Waals surface area (Å²) < 4.78 is 11.7. The van der Waals surface area contributed by atoms with Gasteiger partial charge in [-0.05, 0) is 73.4 Å². The van der Waals surface area contributed by atoms with Crippen LogP contribution in [0.3, 0.4) is 0 Å². The van der Waals surface area contributed by atoms with Crippen LogP contribution in [0.2, 0.25) is 0 Å². The van der Waals surface area contributed by atoms with Crippen molar-refractivity contribution in [1.82, 2.24) is 9.91 Å². The molecule has 0 aromatic heterocycles. The second-order valence-corrected chi connectivity index (χ2v) is 10.3. The van der Waals surface area contributed by atoms with E-state index in [0.29, 0.717) is 29.2 Å². The highest BCUT2D eigenvalue weighted by Crippen LogP contribution is 2.30. The number of rotatable bonds is 8. The lowest BCUT2D eigenvalue weighted by Crippen LogP contribution is -2.35. The number of hydrazone groups is 1. The Kier molecular flexibility index (Phi) is 7.59. The molecule has 1 N–H and O–H groups in total. The molecule has 5 rings (SSSR count). The topological polar surface area (TPSA) is 108 Å². The van der Waals surface area contributed by atoms with E-state index in [-0.39, 0.29) is 23.7 Å². The minimum absolute atomic E-state index is 0.0157. The fourth-order valence-corrected chi connectivity index (χ4v) is 5.34. The minimum atomic E-state index is -0.500. The number of carbonyl (C=O) groups excluding carboxylic acids is 2. The molecule has 1 saturated heterocycles.